The Hall–Kier alpha value is -0.780. The predicted molar refractivity (Wildman–Crippen MR) is 63.5 cm³/mol. The van der Waals surface area contributed by atoms with Crippen molar-refractivity contribution in [2.75, 3.05) is 11.5 Å². The maximum Gasteiger partial charge on any atom is 0.410 e. The van der Waals surface area contributed by atoms with Gasteiger partial charge in [-0.2, -0.15) is 0 Å². The van der Waals surface area contributed by atoms with Crippen molar-refractivity contribution in [2.24, 2.45) is 0 Å². The van der Waals surface area contributed by atoms with Crippen LogP contribution < -0.4 is 0 Å². The lowest BCUT2D eigenvalue weighted by atomic mass is 10.2. The molecule has 0 aromatic carbocycles. The van der Waals surface area contributed by atoms with E-state index in [1.54, 1.807) is 4.90 Å². The summed E-state index contributed by atoms with van der Waals surface area (Å²) in [7, 11) is -2.98. The zero-order chi connectivity index (χ0) is 12.8. The van der Waals surface area contributed by atoms with E-state index >= 15 is 0 Å². The van der Waals surface area contributed by atoms with Crippen LogP contribution in [0.25, 0.3) is 0 Å². The number of rotatable bonds is 0. The third-order valence-electron chi connectivity index (χ3n) is 3.12. The Kier molecular flexibility index (Phi) is 2.88. The fraction of sp³-hybridized carbons (Fsp3) is 0.909. The number of carbonyl (C=O) groups excluding carboxylic acids is 1. The summed E-state index contributed by atoms with van der Waals surface area (Å²) >= 11 is 0. The normalized spacial score (nSPS) is 31.4. The molecule has 0 aliphatic carbocycles. The van der Waals surface area contributed by atoms with Crippen molar-refractivity contribution in [1.29, 1.82) is 0 Å². The summed E-state index contributed by atoms with van der Waals surface area (Å²) in [6.07, 6.45) is 1.16. The van der Waals surface area contributed by atoms with Crippen molar-refractivity contribution < 1.29 is 17.9 Å². The smallest absolute Gasteiger partial charge is 0.410 e. The third-order valence-corrected chi connectivity index (χ3v) is 4.90. The van der Waals surface area contributed by atoms with Crippen LogP contribution in [0.4, 0.5) is 4.79 Å². The van der Waals surface area contributed by atoms with Crippen LogP contribution in [0.3, 0.4) is 0 Å². The van der Waals surface area contributed by atoms with E-state index in [0.717, 1.165) is 12.8 Å². The van der Waals surface area contributed by atoms with Gasteiger partial charge in [0.1, 0.15) is 5.60 Å². The monoisotopic (exact) mass is 261 g/mol. The number of amides is 1. The number of hydrogen-bond donors (Lipinski definition) is 0. The summed E-state index contributed by atoms with van der Waals surface area (Å²) in [6, 6.07) is -0.373. The van der Waals surface area contributed by atoms with E-state index in [-0.39, 0.29) is 29.7 Å². The maximum absolute atomic E-state index is 12.0. The van der Waals surface area contributed by atoms with E-state index in [0.29, 0.717) is 0 Å². The number of nitrogens with zero attached hydrogens (tertiary/aromatic N) is 1. The van der Waals surface area contributed by atoms with Gasteiger partial charge in [0, 0.05) is 12.1 Å². The van der Waals surface area contributed by atoms with Gasteiger partial charge < -0.3 is 9.64 Å². The summed E-state index contributed by atoms with van der Waals surface area (Å²) in [4.78, 5) is 13.6. The molecule has 98 valence electrons. The first kappa shape index (κ1) is 12.7. The average molecular weight is 261 g/mol. The van der Waals surface area contributed by atoms with E-state index in [1.807, 2.05) is 20.8 Å². The first-order chi connectivity index (χ1) is 7.68. The van der Waals surface area contributed by atoms with Gasteiger partial charge in [0.05, 0.1) is 11.5 Å². The van der Waals surface area contributed by atoms with Gasteiger partial charge in [-0.05, 0) is 33.6 Å². The van der Waals surface area contributed by atoms with Gasteiger partial charge in [-0.1, -0.05) is 0 Å². The van der Waals surface area contributed by atoms with Crippen LogP contribution in [0, 0.1) is 0 Å². The maximum atomic E-state index is 12.0. The van der Waals surface area contributed by atoms with Crippen LogP contribution in [0.1, 0.15) is 33.6 Å². The fourth-order valence-corrected chi connectivity index (χ4v) is 4.52. The van der Waals surface area contributed by atoms with Gasteiger partial charge in [0.25, 0.3) is 0 Å². The molecule has 0 saturated carbocycles. The predicted octanol–water partition coefficient (Wildman–Crippen LogP) is 1.18. The third kappa shape index (κ3) is 2.73. The first-order valence-electron chi connectivity index (χ1n) is 5.90. The van der Waals surface area contributed by atoms with Gasteiger partial charge >= 0.3 is 6.09 Å². The number of carbonyl (C=O) groups is 1. The number of hydrogen-bond acceptors (Lipinski definition) is 4. The number of fused-ring (bicyclic) bond motifs is 2. The summed E-state index contributed by atoms with van der Waals surface area (Å²) in [5.74, 6) is 0.172. The number of sulfone groups is 1. The van der Waals surface area contributed by atoms with Gasteiger partial charge in [0.2, 0.25) is 0 Å². The van der Waals surface area contributed by atoms with Crippen LogP contribution in [-0.2, 0) is 14.6 Å². The molecule has 2 atom stereocenters. The highest BCUT2D eigenvalue weighted by molar-refractivity contribution is 7.91. The van der Waals surface area contributed by atoms with Crippen molar-refractivity contribution >= 4 is 15.9 Å². The highest BCUT2D eigenvalue weighted by atomic mass is 32.2. The Labute approximate surface area is 102 Å². The molecule has 0 aromatic rings. The van der Waals surface area contributed by atoms with E-state index in [9.17, 15) is 13.2 Å². The van der Waals surface area contributed by atoms with E-state index in [1.165, 1.54) is 0 Å². The van der Waals surface area contributed by atoms with Crippen molar-refractivity contribution in [3.05, 3.63) is 0 Å². The molecule has 2 aliphatic heterocycles. The van der Waals surface area contributed by atoms with Gasteiger partial charge in [0.15, 0.2) is 9.84 Å². The van der Waals surface area contributed by atoms with Crippen LogP contribution >= 0.6 is 0 Å². The summed E-state index contributed by atoms with van der Waals surface area (Å²) in [6.45, 7) is 5.44. The molecule has 2 fully saturated rings. The quantitative estimate of drug-likeness (QED) is 0.657. The lowest BCUT2D eigenvalue weighted by Crippen LogP contribution is -2.52. The minimum absolute atomic E-state index is 0.0861. The molecule has 6 heteroatoms. The van der Waals surface area contributed by atoms with E-state index < -0.39 is 15.4 Å². The molecule has 1 amide bonds. The topological polar surface area (TPSA) is 63.7 Å². The van der Waals surface area contributed by atoms with Gasteiger partial charge in [-0.25, -0.2) is 13.2 Å². The molecule has 2 aliphatic rings. The largest absolute Gasteiger partial charge is 0.444 e. The number of ether oxygens (including phenoxy) is 1. The van der Waals surface area contributed by atoms with Crippen molar-refractivity contribution in [1.82, 2.24) is 4.90 Å². The summed E-state index contributed by atoms with van der Waals surface area (Å²) in [5, 5.41) is 0. The molecule has 0 spiro atoms. The summed E-state index contributed by atoms with van der Waals surface area (Å²) in [5.41, 5.74) is -0.535. The molecule has 2 saturated heterocycles. The minimum Gasteiger partial charge on any atom is -0.444 e. The molecule has 2 bridgehead atoms. The lowest BCUT2D eigenvalue weighted by Gasteiger charge is -2.35. The SMILES string of the molecule is CC(C)(C)OC(=O)N1[C@@H]2CC[C@H]1CS(=O)(=O)C2. The molecule has 0 unspecified atom stereocenters. The molecule has 0 N–H and O–H groups in total. The Morgan fingerprint density at radius 1 is 1.18 bits per heavy atom. The van der Waals surface area contributed by atoms with Gasteiger partial charge in [-0.15, -0.1) is 0 Å². The molecule has 0 radical (unpaired) electrons. The van der Waals surface area contributed by atoms with Gasteiger partial charge in [-0.3, -0.25) is 0 Å². The highest BCUT2D eigenvalue weighted by Crippen LogP contribution is 2.32. The van der Waals surface area contributed by atoms with Crippen molar-refractivity contribution in [3.8, 4) is 0 Å². The average Bonchev–Trinajstić information content (AvgIpc) is 2.35. The first-order valence-corrected chi connectivity index (χ1v) is 7.72. The van der Waals surface area contributed by atoms with Crippen LogP contribution in [0.2, 0.25) is 0 Å². The lowest BCUT2D eigenvalue weighted by molar-refractivity contribution is 0.0170. The van der Waals surface area contributed by atoms with Crippen LogP contribution in [-0.4, -0.2) is 48.6 Å². The Morgan fingerprint density at radius 2 is 1.65 bits per heavy atom. The molecule has 0 aromatic heterocycles. The van der Waals surface area contributed by atoms with Crippen molar-refractivity contribution in [2.45, 2.75) is 51.3 Å². The summed E-state index contributed by atoms with van der Waals surface area (Å²) < 4.78 is 28.5. The highest BCUT2D eigenvalue weighted by Gasteiger charge is 2.46. The zero-order valence-electron chi connectivity index (χ0n) is 10.5. The standard InChI is InChI=1S/C11H19NO4S/c1-11(2,3)16-10(13)12-8-4-5-9(12)7-17(14,15)6-8/h8-9H,4-7H2,1-3H3/t8-,9+. The molecular formula is C11H19NO4S. The molecule has 2 heterocycles. The Bertz CT molecular complexity index is 403. The Balaban J connectivity index is 2.12. The second kappa shape index (κ2) is 3.86. The zero-order valence-corrected chi connectivity index (χ0v) is 11.3. The van der Waals surface area contributed by atoms with Crippen LogP contribution in [0.5, 0.6) is 0 Å². The molecule has 17 heavy (non-hydrogen) atoms. The second-order valence-electron chi connectivity index (χ2n) is 5.85. The minimum atomic E-state index is -2.98. The van der Waals surface area contributed by atoms with E-state index in [2.05, 4.69) is 0 Å². The molecule has 2 rings (SSSR count). The second-order valence-corrected chi connectivity index (χ2v) is 8.00. The van der Waals surface area contributed by atoms with Crippen LogP contribution in [0.15, 0.2) is 0 Å². The fourth-order valence-electron chi connectivity index (χ4n) is 2.56. The molecular weight excluding hydrogens is 242 g/mol. The molecule has 5 nitrogen and oxygen atoms in total. The van der Waals surface area contributed by atoms with E-state index in [4.69, 9.17) is 4.74 Å². The Morgan fingerprint density at radius 3 is 2.06 bits per heavy atom. The van der Waals surface area contributed by atoms with Crippen molar-refractivity contribution in [3.63, 3.8) is 0 Å².